The molecule has 1 atom stereocenters. The maximum Gasteiger partial charge on any atom is 0.269 e. The van der Waals surface area contributed by atoms with Crippen LogP contribution in [0.5, 0.6) is 0 Å². The van der Waals surface area contributed by atoms with Crippen LogP contribution in [-0.2, 0) is 10.0 Å². The monoisotopic (exact) mass is 417 g/mol. The molecule has 152 valence electrons. The highest BCUT2D eigenvalue weighted by molar-refractivity contribution is 7.90. The van der Waals surface area contributed by atoms with Gasteiger partial charge in [-0.2, -0.15) is 0 Å². The summed E-state index contributed by atoms with van der Waals surface area (Å²) in [6.45, 7) is 4.84. The number of sulfonamides is 1. The van der Waals surface area contributed by atoms with Crippen molar-refractivity contribution in [2.75, 3.05) is 0 Å². The average Bonchev–Trinajstić information content (AvgIpc) is 2.87. The Morgan fingerprint density at radius 3 is 2.45 bits per heavy atom. The van der Waals surface area contributed by atoms with Gasteiger partial charge in [0.1, 0.15) is 4.90 Å². The Morgan fingerprint density at radius 2 is 1.83 bits per heavy atom. The second-order valence-electron chi connectivity index (χ2n) is 6.96. The fourth-order valence-corrected chi connectivity index (χ4v) is 4.96. The minimum Gasteiger partial charge on any atom is -0.346 e. The lowest BCUT2D eigenvalue weighted by atomic mass is 10.1. The molecule has 1 N–H and O–H groups in total. The van der Waals surface area contributed by atoms with Crippen molar-refractivity contribution in [2.24, 2.45) is 0 Å². The number of nitro benzene ring substituents is 1. The SMILES string of the molecule is CC(NC(=O)c1ccc2c(c1)S(=O)(=O)N(C(C)C)C2=O)c1cccc([N+](=O)[O-])c1. The van der Waals surface area contributed by atoms with E-state index in [4.69, 9.17) is 0 Å². The van der Waals surface area contributed by atoms with Crippen molar-refractivity contribution < 1.29 is 22.9 Å². The number of nitro groups is 1. The number of nitrogens with one attached hydrogen (secondary N) is 1. The summed E-state index contributed by atoms with van der Waals surface area (Å²) in [7, 11) is -4.02. The van der Waals surface area contributed by atoms with Crippen LogP contribution < -0.4 is 5.32 Å². The van der Waals surface area contributed by atoms with E-state index in [1.54, 1.807) is 26.8 Å². The van der Waals surface area contributed by atoms with Crippen molar-refractivity contribution in [1.82, 2.24) is 9.62 Å². The van der Waals surface area contributed by atoms with Crippen molar-refractivity contribution in [3.05, 3.63) is 69.3 Å². The Balaban J connectivity index is 1.87. The molecule has 9 nitrogen and oxygen atoms in total. The Bertz CT molecular complexity index is 1130. The molecule has 0 spiro atoms. The smallest absolute Gasteiger partial charge is 0.269 e. The number of benzene rings is 2. The van der Waals surface area contributed by atoms with Crippen LogP contribution in [0.1, 0.15) is 53.1 Å². The standard InChI is InChI=1S/C19H19N3O6S/c1-11(2)21-19(24)16-8-7-14(10-17(16)29(21,27)28)18(23)20-12(3)13-5-4-6-15(9-13)22(25)26/h4-12H,1-3H3,(H,20,23). The Labute approximate surface area is 167 Å². The van der Waals surface area contributed by atoms with Crippen molar-refractivity contribution >= 4 is 27.5 Å². The molecule has 3 rings (SSSR count). The van der Waals surface area contributed by atoms with Crippen LogP contribution in [0.3, 0.4) is 0 Å². The van der Waals surface area contributed by atoms with Crippen LogP contribution in [-0.4, -0.2) is 35.5 Å². The van der Waals surface area contributed by atoms with Crippen molar-refractivity contribution in [3.63, 3.8) is 0 Å². The topological polar surface area (TPSA) is 127 Å². The second kappa shape index (κ2) is 7.28. The summed E-state index contributed by atoms with van der Waals surface area (Å²) in [5.74, 6) is -1.18. The van der Waals surface area contributed by atoms with Gasteiger partial charge in [-0.3, -0.25) is 19.7 Å². The number of amides is 2. The van der Waals surface area contributed by atoms with Gasteiger partial charge in [0.05, 0.1) is 16.5 Å². The van der Waals surface area contributed by atoms with Gasteiger partial charge in [0.25, 0.3) is 27.5 Å². The zero-order valence-electron chi connectivity index (χ0n) is 15.9. The zero-order chi connectivity index (χ0) is 21.5. The van der Waals surface area contributed by atoms with Gasteiger partial charge in [0, 0.05) is 23.7 Å². The number of rotatable bonds is 5. The first kappa shape index (κ1) is 20.5. The fraction of sp³-hybridized carbons (Fsp3) is 0.263. The molecule has 2 amide bonds. The molecule has 29 heavy (non-hydrogen) atoms. The third-order valence-electron chi connectivity index (χ3n) is 4.61. The summed E-state index contributed by atoms with van der Waals surface area (Å²) in [4.78, 5) is 35.2. The Hall–Kier alpha value is -3.27. The van der Waals surface area contributed by atoms with Gasteiger partial charge in [-0.15, -0.1) is 0 Å². The molecule has 0 bridgehead atoms. The van der Waals surface area contributed by atoms with Gasteiger partial charge >= 0.3 is 0 Å². The molecule has 1 heterocycles. The molecule has 2 aromatic carbocycles. The predicted molar refractivity (Wildman–Crippen MR) is 104 cm³/mol. The van der Waals surface area contributed by atoms with E-state index in [1.807, 2.05) is 0 Å². The third kappa shape index (κ3) is 3.58. The summed E-state index contributed by atoms with van der Waals surface area (Å²) >= 11 is 0. The van der Waals surface area contributed by atoms with Crippen molar-refractivity contribution in [2.45, 2.75) is 37.8 Å². The van der Waals surface area contributed by atoms with Crippen molar-refractivity contribution in [3.8, 4) is 0 Å². The van der Waals surface area contributed by atoms with Crippen LogP contribution >= 0.6 is 0 Å². The van der Waals surface area contributed by atoms with E-state index in [9.17, 15) is 28.1 Å². The molecule has 0 fully saturated rings. The highest BCUT2D eigenvalue weighted by atomic mass is 32.2. The van der Waals surface area contributed by atoms with Gasteiger partial charge < -0.3 is 5.32 Å². The van der Waals surface area contributed by atoms with Crippen LogP contribution in [0.2, 0.25) is 0 Å². The molecule has 0 aromatic heterocycles. The normalized spacial score (nSPS) is 15.9. The molecule has 10 heteroatoms. The van der Waals surface area contributed by atoms with E-state index in [0.29, 0.717) is 5.56 Å². The van der Waals surface area contributed by atoms with Crippen LogP contribution in [0, 0.1) is 10.1 Å². The maximum absolute atomic E-state index is 12.7. The summed E-state index contributed by atoms with van der Waals surface area (Å²) < 4.78 is 26.1. The number of carbonyl (C=O) groups is 2. The number of carbonyl (C=O) groups excluding carboxylic acids is 2. The van der Waals surface area contributed by atoms with E-state index in [2.05, 4.69) is 5.32 Å². The van der Waals surface area contributed by atoms with Gasteiger partial charge in [-0.05, 0) is 44.5 Å². The van der Waals surface area contributed by atoms with E-state index in [0.717, 1.165) is 4.31 Å². The van der Waals surface area contributed by atoms with Crippen molar-refractivity contribution in [1.29, 1.82) is 0 Å². The van der Waals surface area contributed by atoms with E-state index < -0.39 is 38.8 Å². The van der Waals surface area contributed by atoms with E-state index in [1.165, 1.54) is 36.4 Å². The predicted octanol–water partition coefficient (Wildman–Crippen LogP) is 2.64. The molecule has 1 aliphatic rings. The molecule has 0 saturated carbocycles. The summed E-state index contributed by atoms with van der Waals surface area (Å²) in [6.07, 6.45) is 0. The second-order valence-corrected chi connectivity index (χ2v) is 8.74. The molecule has 0 aliphatic carbocycles. The number of hydrogen-bond acceptors (Lipinski definition) is 6. The largest absolute Gasteiger partial charge is 0.346 e. The Kier molecular flexibility index (Phi) is 5.14. The van der Waals surface area contributed by atoms with Crippen LogP contribution in [0.25, 0.3) is 0 Å². The number of nitrogens with zero attached hydrogens (tertiary/aromatic N) is 2. The number of hydrogen-bond donors (Lipinski definition) is 1. The van der Waals surface area contributed by atoms with E-state index >= 15 is 0 Å². The summed E-state index contributed by atoms with van der Waals surface area (Å²) in [5, 5.41) is 13.6. The quantitative estimate of drug-likeness (QED) is 0.589. The molecule has 0 saturated heterocycles. The first-order chi connectivity index (χ1) is 13.5. The number of non-ortho nitro benzene ring substituents is 1. The van der Waals surface area contributed by atoms with Crippen LogP contribution in [0.15, 0.2) is 47.4 Å². The average molecular weight is 417 g/mol. The lowest BCUT2D eigenvalue weighted by Crippen LogP contribution is -2.36. The molecule has 1 aliphatic heterocycles. The summed E-state index contributed by atoms with van der Waals surface area (Å²) in [5.41, 5.74) is 0.534. The maximum atomic E-state index is 12.7. The Morgan fingerprint density at radius 1 is 1.14 bits per heavy atom. The van der Waals surface area contributed by atoms with Gasteiger partial charge in [-0.25, -0.2) is 12.7 Å². The minimum absolute atomic E-state index is 0.0296. The molecule has 1 unspecified atom stereocenters. The lowest BCUT2D eigenvalue weighted by molar-refractivity contribution is -0.384. The highest BCUT2D eigenvalue weighted by Crippen LogP contribution is 2.32. The third-order valence-corrected chi connectivity index (χ3v) is 6.61. The van der Waals surface area contributed by atoms with E-state index in [-0.39, 0.29) is 21.7 Å². The van der Waals surface area contributed by atoms with Gasteiger partial charge in [0.2, 0.25) is 0 Å². The molecular weight excluding hydrogens is 398 g/mol. The van der Waals surface area contributed by atoms with Gasteiger partial charge in [0.15, 0.2) is 0 Å². The highest BCUT2D eigenvalue weighted by Gasteiger charge is 2.42. The summed E-state index contributed by atoms with van der Waals surface area (Å²) in [6, 6.07) is 8.65. The van der Waals surface area contributed by atoms with Gasteiger partial charge in [-0.1, -0.05) is 12.1 Å². The lowest BCUT2D eigenvalue weighted by Gasteiger charge is -2.18. The first-order valence-electron chi connectivity index (χ1n) is 8.82. The number of fused-ring (bicyclic) bond motifs is 1. The molecule has 0 radical (unpaired) electrons. The molecular formula is C19H19N3O6S. The first-order valence-corrected chi connectivity index (χ1v) is 10.3. The molecule has 2 aromatic rings. The zero-order valence-corrected chi connectivity index (χ0v) is 16.8. The fourth-order valence-electron chi connectivity index (χ4n) is 3.17. The van der Waals surface area contributed by atoms with Crippen LogP contribution in [0.4, 0.5) is 5.69 Å². The minimum atomic E-state index is -4.02.